The molecule has 3 aromatic heterocycles. The van der Waals surface area contributed by atoms with E-state index >= 15 is 0 Å². The normalized spacial score (nSPS) is 10.9. The van der Waals surface area contributed by atoms with Crippen LogP contribution in [0.4, 0.5) is 5.69 Å². The van der Waals surface area contributed by atoms with E-state index in [2.05, 4.69) is 48.5 Å². The molecule has 2 N–H and O–H groups in total. The van der Waals surface area contributed by atoms with E-state index in [9.17, 15) is 9.59 Å². The maximum Gasteiger partial charge on any atom is 0.271 e. The Hall–Kier alpha value is -2.70. The molecule has 148 valence electrons. The fraction of sp³-hybridized carbons (Fsp3) is 0.353. The molecule has 3 aromatic rings. The number of rotatable bonds is 7. The zero-order chi connectivity index (χ0) is 20.3. The van der Waals surface area contributed by atoms with Crippen molar-refractivity contribution in [1.82, 2.24) is 34.7 Å². The Bertz CT molecular complexity index is 983. The number of aryl methyl sites for hydroxylation is 4. The van der Waals surface area contributed by atoms with Crippen molar-refractivity contribution in [3.63, 3.8) is 0 Å². The standard InChI is InChI=1S/C17H21IN8O2/c1-11-13(18)10-26(23-11)5-4-15(27)22-14-8-21-25(3)16(14)17(28)19-6-12-7-20-24(2)9-12/h7-10H,4-6H2,1-3H3,(H,19,28)(H,22,27). The molecule has 0 fully saturated rings. The zero-order valence-corrected chi connectivity index (χ0v) is 18.0. The highest BCUT2D eigenvalue weighted by atomic mass is 127. The number of amides is 2. The molecule has 10 nitrogen and oxygen atoms in total. The first-order chi connectivity index (χ1) is 13.3. The molecule has 0 aromatic carbocycles. The topological polar surface area (TPSA) is 112 Å². The van der Waals surface area contributed by atoms with Gasteiger partial charge in [0.1, 0.15) is 5.69 Å². The molecule has 2 amide bonds. The van der Waals surface area contributed by atoms with Gasteiger partial charge >= 0.3 is 0 Å². The highest BCUT2D eigenvalue weighted by Crippen LogP contribution is 2.15. The number of nitrogens with one attached hydrogen (secondary N) is 2. The summed E-state index contributed by atoms with van der Waals surface area (Å²) in [7, 11) is 3.47. The van der Waals surface area contributed by atoms with E-state index < -0.39 is 0 Å². The van der Waals surface area contributed by atoms with Crippen molar-refractivity contribution in [3.05, 3.63) is 45.3 Å². The fourth-order valence-corrected chi connectivity index (χ4v) is 3.09. The van der Waals surface area contributed by atoms with E-state index in [0.717, 1.165) is 14.8 Å². The summed E-state index contributed by atoms with van der Waals surface area (Å²) in [4.78, 5) is 24.9. The van der Waals surface area contributed by atoms with Crippen LogP contribution in [0.3, 0.4) is 0 Å². The molecule has 11 heteroatoms. The van der Waals surface area contributed by atoms with Gasteiger partial charge in [0.25, 0.3) is 5.91 Å². The molecule has 0 aliphatic rings. The smallest absolute Gasteiger partial charge is 0.271 e. The van der Waals surface area contributed by atoms with Gasteiger partial charge in [-0.3, -0.25) is 23.6 Å². The first-order valence-electron chi connectivity index (χ1n) is 8.60. The van der Waals surface area contributed by atoms with Gasteiger partial charge < -0.3 is 10.6 Å². The van der Waals surface area contributed by atoms with Gasteiger partial charge in [-0.1, -0.05) is 0 Å². The number of carbonyl (C=O) groups is 2. The predicted molar refractivity (Wildman–Crippen MR) is 111 cm³/mol. The van der Waals surface area contributed by atoms with Crippen LogP contribution in [-0.4, -0.2) is 41.2 Å². The summed E-state index contributed by atoms with van der Waals surface area (Å²) in [6.45, 7) is 2.71. The number of anilines is 1. The molecule has 0 unspecified atom stereocenters. The number of aromatic nitrogens is 6. The summed E-state index contributed by atoms with van der Waals surface area (Å²) in [6.07, 6.45) is 7.11. The molecule has 0 saturated carbocycles. The first kappa shape index (κ1) is 20.0. The van der Waals surface area contributed by atoms with E-state index in [1.54, 1.807) is 22.6 Å². The Labute approximate surface area is 175 Å². The van der Waals surface area contributed by atoms with Crippen LogP contribution in [-0.2, 0) is 32.0 Å². The van der Waals surface area contributed by atoms with Crippen LogP contribution >= 0.6 is 22.6 Å². The van der Waals surface area contributed by atoms with E-state index in [1.165, 1.54) is 10.9 Å². The summed E-state index contributed by atoms with van der Waals surface area (Å²) >= 11 is 2.20. The lowest BCUT2D eigenvalue weighted by atomic mass is 10.3. The second kappa shape index (κ2) is 8.54. The summed E-state index contributed by atoms with van der Waals surface area (Å²) in [5.41, 5.74) is 2.48. The lowest BCUT2D eigenvalue weighted by Crippen LogP contribution is -2.26. The molecule has 0 atom stereocenters. The van der Waals surface area contributed by atoms with Gasteiger partial charge in [0.15, 0.2) is 0 Å². The van der Waals surface area contributed by atoms with Gasteiger partial charge in [-0.05, 0) is 29.5 Å². The number of halogens is 1. The van der Waals surface area contributed by atoms with E-state index in [1.807, 2.05) is 26.4 Å². The minimum Gasteiger partial charge on any atom is -0.346 e. The summed E-state index contributed by atoms with van der Waals surface area (Å²) in [5.74, 6) is -0.533. The van der Waals surface area contributed by atoms with Crippen LogP contribution < -0.4 is 10.6 Å². The van der Waals surface area contributed by atoms with Gasteiger partial charge in [-0.15, -0.1) is 0 Å². The molecular formula is C17H21IN8O2. The second-order valence-electron chi connectivity index (χ2n) is 6.36. The van der Waals surface area contributed by atoms with Crippen molar-refractivity contribution >= 4 is 40.1 Å². The fourth-order valence-electron chi connectivity index (χ4n) is 2.66. The number of hydrogen-bond donors (Lipinski definition) is 2. The molecule has 0 aliphatic carbocycles. The maximum absolute atomic E-state index is 12.6. The Morgan fingerprint density at radius 3 is 2.61 bits per heavy atom. The van der Waals surface area contributed by atoms with Crippen molar-refractivity contribution in [2.45, 2.75) is 26.4 Å². The zero-order valence-electron chi connectivity index (χ0n) is 15.8. The van der Waals surface area contributed by atoms with Crippen LogP contribution in [0, 0.1) is 10.5 Å². The van der Waals surface area contributed by atoms with E-state index in [-0.39, 0.29) is 18.2 Å². The third kappa shape index (κ3) is 4.77. The summed E-state index contributed by atoms with van der Waals surface area (Å²) in [6, 6.07) is 0. The molecule has 0 aliphatic heterocycles. The monoisotopic (exact) mass is 496 g/mol. The van der Waals surface area contributed by atoms with Gasteiger partial charge in [0, 0.05) is 51.6 Å². The largest absolute Gasteiger partial charge is 0.346 e. The average molecular weight is 496 g/mol. The minimum absolute atomic E-state index is 0.211. The Kier molecular flexibility index (Phi) is 6.11. The van der Waals surface area contributed by atoms with Crippen molar-refractivity contribution in [1.29, 1.82) is 0 Å². The molecular weight excluding hydrogens is 475 g/mol. The van der Waals surface area contributed by atoms with E-state index in [0.29, 0.717) is 24.5 Å². The van der Waals surface area contributed by atoms with Crippen LogP contribution in [0.25, 0.3) is 0 Å². The third-order valence-corrected chi connectivity index (χ3v) is 5.15. The average Bonchev–Trinajstić information content (AvgIpc) is 3.31. The van der Waals surface area contributed by atoms with E-state index in [4.69, 9.17) is 0 Å². The number of nitrogens with zero attached hydrogens (tertiary/aromatic N) is 6. The van der Waals surface area contributed by atoms with Gasteiger partial charge in [0.05, 0.1) is 27.3 Å². The predicted octanol–water partition coefficient (Wildman–Crippen LogP) is 1.22. The molecule has 3 rings (SSSR count). The second-order valence-corrected chi connectivity index (χ2v) is 7.52. The van der Waals surface area contributed by atoms with Crippen molar-refractivity contribution < 1.29 is 9.59 Å². The van der Waals surface area contributed by atoms with Crippen LogP contribution in [0.2, 0.25) is 0 Å². The molecule has 0 bridgehead atoms. The molecule has 3 heterocycles. The lowest BCUT2D eigenvalue weighted by Gasteiger charge is -2.08. The van der Waals surface area contributed by atoms with Crippen molar-refractivity contribution in [2.75, 3.05) is 5.32 Å². The summed E-state index contributed by atoms with van der Waals surface area (Å²) in [5, 5.41) is 18.1. The molecule has 0 radical (unpaired) electrons. The van der Waals surface area contributed by atoms with Crippen molar-refractivity contribution in [2.24, 2.45) is 14.1 Å². The number of hydrogen-bond acceptors (Lipinski definition) is 5. The third-order valence-electron chi connectivity index (χ3n) is 4.09. The van der Waals surface area contributed by atoms with Gasteiger partial charge in [-0.2, -0.15) is 15.3 Å². The summed E-state index contributed by atoms with van der Waals surface area (Å²) < 4.78 is 5.90. The maximum atomic E-state index is 12.6. The Morgan fingerprint density at radius 1 is 1.18 bits per heavy atom. The molecule has 0 spiro atoms. The molecule has 0 saturated heterocycles. The lowest BCUT2D eigenvalue weighted by molar-refractivity contribution is -0.116. The first-order valence-corrected chi connectivity index (χ1v) is 9.68. The van der Waals surface area contributed by atoms with Crippen LogP contribution in [0.1, 0.15) is 28.2 Å². The number of carbonyl (C=O) groups excluding carboxylic acids is 2. The quantitative estimate of drug-likeness (QED) is 0.478. The highest BCUT2D eigenvalue weighted by Gasteiger charge is 2.18. The minimum atomic E-state index is -0.323. The Balaban J connectivity index is 1.59. The van der Waals surface area contributed by atoms with Crippen molar-refractivity contribution in [3.8, 4) is 0 Å². The highest BCUT2D eigenvalue weighted by molar-refractivity contribution is 14.1. The van der Waals surface area contributed by atoms with Gasteiger partial charge in [0.2, 0.25) is 5.91 Å². The van der Waals surface area contributed by atoms with Gasteiger partial charge in [-0.25, -0.2) is 0 Å². The van der Waals surface area contributed by atoms with Crippen LogP contribution in [0.5, 0.6) is 0 Å². The SMILES string of the molecule is Cc1nn(CCC(=O)Nc2cnn(C)c2C(=O)NCc2cnn(C)c2)cc1I. The van der Waals surface area contributed by atoms with Crippen LogP contribution in [0.15, 0.2) is 24.8 Å². The Morgan fingerprint density at radius 2 is 1.96 bits per heavy atom. The molecule has 28 heavy (non-hydrogen) atoms.